The maximum atomic E-state index is 11.5. The van der Waals surface area contributed by atoms with Crippen molar-refractivity contribution in [3.63, 3.8) is 0 Å². The highest BCUT2D eigenvalue weighted by Gasteiger charge is 2.30. The molecule has 0 aliphatic rings. The molecular formula is C38H30O4. The lowest BCUT2D eigenvalue weighted by Gasteiger charge is -2.23. The molecule has 0 fully saturated rings. The molecule has 6 rings (SSSR count). The Bertz CT molecular complexity index is 1430. The van der Waals surface area contributed by atoms with E-state index in [-0.39, 0.29) is 0 Å². The zero-order valence-corrected chi connectivity index (χ0v) is 22.9. The topological polar surface area (TPSA) is 66.7 Å². The molecule has 0 bridgehead atoms. The molecule has 6 aromatic rings. The Labute approximate surface area is 246 Å². The molecule has 4 nitrogen and oxygen atoms in total. The summed E-state index contributed by atoms with van der Waals surface area (Å²) in [5.74, 6) is 11.4. The van der Waals surface area contributed by atoms with E-state index in [9.17, 15) is 10.2 Å². The SMILES string of the molecule is OC(C#CC#CC(O)(c1ccccc1)c1ccccc1)(c1ccccc1)c1ccccc1.c1ccoc1.c1ccoc1. The number of benzene rings is 4. The van der Waals surface area contributed by atoms with Crippen LogP contribution in [0.5, 0.6) is 0 Å². The van der Waals surface area contributed by atoms with E-state index in [1.54, 1.807) is 25.1 Å². The lowest BCUT2D eigenvalue weighted by molar-refractivity contribution is 0.144. The molecular weight excluding hydrogens is 520 g/mol. The fourth-order valence-corrected chi connectivity index (χ4v) is 4.04. The van der Waals surface area contributed by atoms with Crippen molar-refractivity contribution in [1.82, 2.24) is 0 Å². The van der Waals surface area contributed by atoms with Gasteiger partial charge in [-0.25, -0.2) is 0 Å². The van der Waals surface area contributed by atoms with Crippen LogP contribution in [0.4, 0.5) is 0 Å². The van der Waals surface area contributed by atoms with E-state index in [0.29, 0.717) is 22.3 Å². The highest BCUT2D eigenvalue weighted by Crippen LogP contribution is 2.30. The van der Waals surface area contributed by atoms with Crippen molar-refractivity contribution in [2.24, 2.45) is 0 Å². The Balaban J connectivity index is 0.000000339. The Kier molecular flexibility index (Phi) is 10.7. The van der Waals surface area contributed by atoms with Crippen LogP contribution in [0.1, 0.15) is 22.3 Å². The number of hydrogen-bond acceptors (Lipinski definition) is 4. The second kappa shape index (κ2) is 15.3. The predicted molar refractivity (Wildman–Crippen MR) is 165 cm³/mol. The van der Waals surface area contributed by atoms with E-state index in [2.05, 4.69) is 32.5 Å². The summed E-state index contributed by atoms with van der Waals surface area (Å²) in [7, 11) is 0. The summed E-state index contributed by atoms with van der Waals surface area (Å²) >= 11 is 0. The Morgan fingerprint density at radius 1 is 0.357 bits per heavy atom. The van der Waals surface area contributed by atoms with E-state index in [0.717, 1.165) is 0 Å². The number of aliphatic hydroxyl groups is 2. The van der Waals surface area contributed by atoms with Crippen LogP contribution in [0.2, 0.25) is 0 Å². The van der Waals surface area contributed by atoms with Crippen molar-refractivity contribution in [3.8, 4) is 23.7 Å². The molecule has 0 saturated carbocycles. The molecule has 0 aliphatic carbocycles. The van der Waals surface area contributed by atoms with Crippen molar-refractivity contribution in [2.45, 2.75) is 11.2 Å². The van der Waals surface area contributed by atoms with Gasteiger partial charge in [0.25, 0.3) is 0 Å². The average molecular weight is 551 g/mol. The maximum Gasteiger partial charge on any atom is 0.177 e. The molecule has 2 aromatic heterocycles. The predicted octanol–water partition coefficient (Wildman–Crippen LogP) is 7.42. The van der Waals surface area contributed by atoms with Gasteiger partial charge in [0.2, 0.25) is 0 Å². The first-order chi connectivity index (χ1) is 20.6. The summed E-state index contributed by atoms with van der Waals surface area (Å²) in [6.07, 6.45) is 6.50. The van der Waals surface area contributed by atoms with Gasteiger partial charge in [-0.15, -0.1) is 0 Å². The molecule has 0 unspecified atom stereocenters. The molecule has 2 heterocycles. The first-order valence-electron chi connectivity index (χ1n) is 13.3. The van der Waals surface area contributed by atoms with Crippen molar-refractivity contribution < 1.29 is 19.0 Å². The van der Waals surface area contributed by atoms with Crippen molar-refractivity contribution >= 4 is 0 Å². The van der Waals surface area contributed by atoms with Crippen molar-refractivity contribution in [3.05, 3.63) is 193 Å². The van der Waals surface area contributed by atoms with Gasteiger partial charge in [0.15, 0.2) is 11.2 Å². The Morgan fingerprint density at radius 2 is 0.595 bits per heavy atom. The summed E-state index contributed by atoms with van der Waals surface area (Å²) in [5, 5.41) is 23.0. The van der Waals surface area contributed by atoms with Gasteiger partial charge in [-0.2, -0.15) is 0 Å². The van der Waals surface area contributed by atoms with Crippen LogP contribution in [-0.2, 0) is 11.2 Å². The highest BCUT2D eigenvalue weighted by molar-refractivity contribution is 5.50. The Morgan fingerprint density at radius 3 is 0.786 bits per heavy atom. The maximum absolute atomic E-state index is 11.5. The van der Waals surface area contributed by atoms with Gasteiger partial charge in [-0.3, -0.25) is 0 Å². The zero-order valence-electron chi connectivity index (χ0n) is 22.9. The molecule has 206 valence electrons. The molecule has 0 amide bonds. The molecule has 0 atom stereocenters. The van der Waals surface area contributed by atoms with E-state index in [4.69, 9.17) is 0 Å². The summed E-state index contributed by atoms with van der Waals surface area (Å²) in [6.45, 7) is 0. The zero-order chi connectivity index (χ0) is 29.4. The monoisotopic (exact) mass is 550 g/mol. The molecule has 4 aromatic carbocycles. The third-order valence-electron chi connectivity index (χ3n) is 6.17. The first kappa shape index (κ1) is 29.5. The van der Waals surface area contributed by atoms with Crippen LogP contribution in [-0.4, -0.2) is 10.2 Å². The quantitative estimate of drug-likeness (QED) is 0.224. The van der Waals surface area contributed by atoms with Gasteiger partial charge in [-0.05, 0) is 47.9 Å². The van der Waals surface area contributed by atoms with Gasteiger partial charge in [-0.1, -0.05) is 121 Å². The van der Waals surface area contributed by atoms with Gasteiger partial charge in [0.05, 0.1) is 25.1 Å². The van der Waals surface area contributed by atoms with Crippen LogP contribution < -0.4 is 0 Å². The number of rotatable bonds is 4. The molecule has 4 heteroatoms. The second-order valence-electron chi connectivity index (χ2n) is 8.97. The molecule has 42 heavy (non-hydrogen) atoms. The third-order valence-corrected chi connectivity index (χ3v) is 6.17. The van der Waals surface area contributed by atoms with E-state index < -0.39 is 11.2 Å². The van der Waals surface area contributed by atoms with E-state index in [1.807, 2.05) is 146 Å². The number of hydrogen-bond donors (Lipinski definition) is 2. The average Bonchev–Trinajstić information content (AvgIpc) is 3.85. The van der Waals surface area contributed by atoms with E-state index >= 15 is 0 Å². The number of furan rings is 2. The summed E-state index contributed by atoms with van der Waals surface area (Å²) in [5.41, 5.74) is -0.420. The van der Waals surface area contributed by atoms with Crippen molar-refractivity contribution in [2.75, 3.05) is 0 Å². The van der Waals surface area contributed by atoms with Crippen LogP contribution in [0.25, 0.3) is 0 Å². The molecule has 2 N–H and O–H groups in total. The molecule has 0 spiro atoms. The minimum atomic E-state index is -1.52. The molecule has 0 aliphatic heterocycles. The largest absolute Gasteiger partial charge is 0.473 e. The van der Waals surface area contributed by atoms with Crippen molar-refractivity contribution in [1.29, 1.82) is 0 Å². The minimum absolute atomic E-state index is 0.655. The normalized spacial score (nSPS) is 10.2. The second-order valence-corrected chi connectivity index (χ2v) is 8.97. The summed E-state index contributed by atoms with van der Waals surface area (Å²) < 4.78 is 9.17. The summed E-state index contributed by atoms with van der Waals surface area (Å²) in [4.78, 5) is 0. The Hall–Kier alpha value is -5.52. The third kappa shape index (κ3) is 8.01. The van der Waals surface area contributed by atoms with Crippen LogP contribution in [0.3, 0.4) is 0 Å². The smallest absolute Gasteiger partial charge is 0.177 e. The van der Waals surface area contributed by atoms with Crippen LogP contribution >= 0.6 is 0 Å². The van der Waals surface area contributed by atoms with E-state index in [1.165, 1.54) is 0 Å². The van der Waals surface area contributed by atoms with Gasteiger partial charge in [0.1, 0.15) is 0 Å². The van der Waals surface area contributed by atoms with Gasteiger partial charge >= 0.3 is 0 Å². The standard InChI is InChI=1S/C30H22O2.2C4H4O/c31-29(25-15-5-1-6-16-25,26-17-7-2-8-18-26)23-13-14-24-30(32,27-19-9-3-10-20-27)28-21-11-4-12-22-28;2*1-2-4-5-3-1/h1-12,15-22,31-32H;2*1-4H. The minimum Gasteiger partial charge on any atom is -0.473 e. The van der Waals surface area contributed by atoms with Gasteiger partial charge in [0, 0.05) is 22.3 Å². The highest BCUT2D eigenvalue weighted by atomic mass is 16.3. The fourth-order valence-electron chi connectivity index (χ4n) is 4.04. The van der Waals surface area contributed by atoms with Crippen LogP contribution in [0, 0.1) is 23.7 Å². The lowest BCUT2D eigenvalue weighted by atomic mass is 9.86. The van der Waals surface area contributed by atoms with Crippen LogP contribution in [0.15, 0.2) is 179 Å². The fraction of sp³-hybridized carbons (Fsp3) is 0.0526. The first-order valence-corrected chi connectivity index (χ1v) is 13.3. The molecule has 0 saturated heterocycles. The lowest BCUT2D eigenvalue weighted by Crippen LogP contribution is -2.25. The van der Waals surface area contributed by atoms with Gasteiger partial charge < -0.3 is 19.0 Å². The summed E-state index contributed by atoms with van der Waals surface area (Å²) in [6, 6.07) is 44.4. The molecule has 0 radical (unpaired) electrons.